The third-order valence-electron chi connectivity index (χ3n) is 3.46. The topological polar surface area (TPSA) is 90.7 Å². The highest BCUT2D eigenvalue weighted by atomic mass is 35.5. The minimum atomic E-state index is -0.547. The molecule has 0 fully saturated rings. The van der Waals surface area contributed by atoms with E-state index in [-0.39, 0.29) is 30.0 Å². The molecule has 0 heterocycles. The Bertz CT molecular complexity index is 764. The summed E-state index contributed by atoms with van der Waals surface area (Å²) in [6, 6.07) is 10.8. The molecule has 132 valence electrons. The van der Waals surface area contributed by atoms with Gasteiger partial charge in [0.1, 0.15) is 0 Å². The van der Waals surface area contributed by atoms with E-state index in [0.29, 0.717) is 10.8 Å². The van der Waals surface area contributed by atoms with E-state index < -0.39 is 4.92 Å². The third-order valence-corrected chi connectivity index (χ3v) is 3.72. The second-order valence-electron chi connectivity index (χ2n) is 5.22. The van der Waals surface area contributed by atoms with Gasteiger partial charge in [-0.1, -0.05) is 23.7 Å². The average Bonchev–Trinajstić information content (AvgIpc) is 2.60. The average molecular weight is 365 g/mol. The summed E-state index contributed by atoms with van der Waals surface area (Å²) in [7, 11) is 1.41. The molecule has 1 unspecified atom stereocenters. The van der Waals surface area contributed by atoms with E-state index in [2.05, 4.69) is 5.32 Å². The van der Waals surface area contributed by atoms with Crippen molar-refractivity contribution in [3.8, 4) is 11.5 Å². The van der Waals surface area contributed by atoms with Gasteiger partial charge in [-0.05, 0) is 30.7 Å². The highest BCUT2D eigenvalue weighted by Crippen LogP contribution is 2.31. The van der Waals surface area contributed by atoms with Crippen molar-refractivity contribution in [2.45, 2.75) is 13.0 Å². The summed E-state index contributed by atoms with van der Waals surface area (Å²) in [4.78, 5) is 22.3. The minimum absolute atomic E-state index is 0.131. The SMILES string of the molecule is COc1ccc([N+](=O)[O-])cc1OCC(=O)NC(C)c1ccc(Cl)cc1. The Hall–Kier alpha value is -2.80. The van der Waals surface area contributed by atoms with Crippen LogP contribution < -0.4 is 14.8 Å². The van der Waals surface area contributed by atoms with Gasteiger partial charge < -0.3 is 14.8 Å². The van der Waals surface area contributed by atoms with Gasteiger partial charge in [-0.15, -0.1) is 0 Å². The molecule has 0 aliphatic rings. The number of nitrogens with zero attached hydrogens (tertiary/aromatic N) is 1. The fraction of sp³-hybridized carbons (Fsp3) is 0.235. The second-order valence-corrected chi connectivity index (χ2v) is 5.66. The van der Waals surface area contributed by atoms with Crippen molar-refractivity contribution in [1.82, 2.24) is 5.32 Å². The summed E-state index contributed by atoms with van der Waals surface area (Å²) in [5.74, 6) is 0.0751. The Morgan fingerprint density at radius 2 is 1.92 bits per heavy atom. The molecule has 8 heteroatoms. The van der Waals surface area contributed by atoms with E-state index in [1.807, 2.05) is 19.1 Å². The molecular weight excluding hydrogens is 348 g/mol. The zero-order chi connectivity index (χ0) is 18.4. The molecule has 2 aromatic rings. The maximum absolute atomic E-state index is 12.0. The van der Waals surface area contributed by atoms with E-state index in [4.69, 9.17) is 21.1 Å². The van der Waals surface area contributed by atoms with Crippen LogP contribution in [0.5, 0.6) is 11.5 Å². The van der Waals surface area contributed by atoms with E-state index in [0.717, 1.165) is 5.56 Å². The molecular formula is C17H17ClN2O5. The van der Waals surface area contributed by atoms with Gasteiger partial charge >= 0.3 is 0 Å². The van der Waals surface area contributed by atoms with Crippen molar-refractivity contribution in [1.29, 1.82) is 0 Å². The zero-order valence-electron chi connectivity index (χ0n) is 13.7. The van der Waals surface area contributed by atoms with Gasteiger partial charge in [0.15, 0.2) is 18.1 Å². The number of hydrogen-bond acceptors (Lipinski definition) is 5. The second kappa shape index (κ2) is 8.34. The van der Waals surface area contributed by atoms with Gasteiger partial charge in [-0.25, -0.2) is 0 Å². The number of rotatable bonds is 7. The predicted molar refractivity (Wildman–Crippen MR) is 93.2 cm³/mol. The van der Waals surface area contributed by atoms with E-state index in [9.17, 15) is 14.9 Å². The zero-order valence-corrected chi connectivity index (χ0v) is 14.4. The first-order chi connectivity index (χ1) is 11.9. The molecule has 25 heavy (non-hydrogen) atoms. The summed E-state index contributed by atoms with van der Waals surface area (Å²) in [5.41, 5.74) is 0.747. The van der Waals surface area contributed by atoms with Crippen LogP contribution in [-0.2, 0) is 4.79 Å². The molecule has 0 saturated heterocycles. The lowest BCUT2D eigenvalue weighted by Crippen LogP contribution is -2.31. The molecule has 0 radical (unpaired) electrons. The maximum Gasteiger partial charge on any atom is 0.273 e. The summed E-state index contributed by atoms with van der Waals surface area (Å²) in [5, 5.41) is 14.2. The summed E-state index contributed by atoms with van der Waals surface area (Å²) >= 11 is 5.84. The Morgan fingerprint density at radius 3 is 2.52 bits per heavy atom. The van der Waals surface area contributed by atoms with E-state index >= 15 is 0 Å². The summed E-state index contributed by atoms with van der Waals surface area (Å²) < 4.78 is 10.5. The maximum atomic E-state index is 12.0. The highest BCUT2D eigenvalue weighted by Gasteiger charge is 2.15. The number of carbonyl (C=O) groups excluding carboxylic acids is 1. The van der Waals surface area contributed by atoms with Gasteiger partial charge in [0.2, 0.25) is 0 Å². The van der Waals surface area contributed by atoms with Crippen LogP contribution in [0.2, 0.25) is 5.02 Å². The summed E-state index contributed by atoms with van der Waals surface area (Å²) in [6.07, 6.45) is 0. The Kier molecular flexibility index (Phi) is 6.19. The number of ether oxygens (including phenoxy) is 2. The quantitative estimate of drug-likeness (QED) is 0.599. The van der Waals surface area contributed by atoms with Crippen LogP contribution in [0.3, 0.4) is 0 Å². The molecule has 0 aliphatic carbocycles. The monoisotopic (exact) mass is 364 g/mol. The molecule has 1 atom stereocenters. The predicted octanol–water partition coefficient (Wildman–Crippen LogP) is 3.51. The first kappa shape index (κ1) is 18.5. The van der Waals surface area contributed by atoms with Gasteiger partial charge in [0, 0.05) is 11.1 Å². The largest absolute Gasteiger partial charge is 0.493 e. The molecule has 0 aromatic heterocycles. The standard InChI is InChI=1S/C17H17ClN2O5/c1-11(12-3-5-13(18)6-4-12)19-17(21)10-25-16-9-14(20(22)23)7-8-15(16)24-2/h3-9,11H,10H2,1-2H3,(H,19,21). The highest BCUT2D eigenvalue weighted by molar-refractivity contribution is 6.30. The smallest absolute Gasteiger partial charge is 0.273 e. The number of halogens is 1. The van der Waals surface area contributed by atoms with Crippen molar-refractivity contribution in [2.24, 2.45) is 0 Å². The first-order valence-electron chi connectivity index (χ1n) is 7.40. The number of nitro groups is 1. The molecule has 1 N–H and O–H groups in total. The molecule has 0 aliphatic heterocycles. The lowest BCUT2D eigenvalue weighted by atomic mass is 10.1. The van der Waals surface area contributed by atoms with E-state index in [1.165, 1.54) is 25.3 Å². The molecule has 0 bridgehead atoms. The number of non-ortho nitro benzene ring substituents is 1. The fourth-order valence-electron chi connectivity index (χ4n) is 2.15. The van der Waals surface area contributed by atoms with Crippen LogP contribution in [0.1, 0.15) is 18.5 Å². The minimum Gasteiger partial charge on any atom is -0.493 e. The van der Waals surface area contributed by atoms with Crippen LogP contribution in [0.15, 0.2) is 42.5 Å². The van der Waals surface area contributed by atoms with Crippen molar-refractivity contribution in [3.05, 3.63) is 63.2 Å². The summed E-state index contributed by atoms with van der Waals surface area (Å²) in [6.45, 7) is 1.53. The van der Waals surface area contributed by atoms with Crippen molar-refractivity contribution < 1.29 is 19.2 Å². The van der Waals surface area contributed by atoms with Crippen LogP contribution in [-0.4, -0.2) is 24.5 Å². The lowest BCUT2D eigenvalue weighted by Gasteiger charge is -2.15. The number of methoxy groups -OCH3 is 1. The van der Waals surface area contributed by atoms with Crippen molar-refractivity contribution >= 4 is 23.2 Å². The van der Waals surface area contributed by atoms with Crippen LogP contribution in [0.4, 0.5) is 5.69 Å². The van der Waals surface area contributed by atoms with Crippen molar-refractivity contribution in [3.63, 3.8) is 0 Å². The van der Waals surface area contributed by atoms with Crippen LogP contribution in [0, 0.1) is 10.1 Å². The lowest BCUT2D eigenvalue weighted by molar-refractivity contribution is -0.385. The number of nitrogens with one attached hydrogen (secondary N) is 1. The molecule has 0 saturated carbocycles. The number of hydrogen-bond donors (Lipinski definition) is 1. The molecule has 0 spiro atoms. The van der Waals surface area contributed by atoms with Crippen molar-refractivity contribution in [2.75, 3.05) is 13.7 Å². The number of carbonyl (C=O) groups is 1. The number of amides is 1. The third kappa shape index (κ3) is 5.09. The van der Waals surface area contributed by atoms with Crippen LogP contribution in [0.25, 0.3) is 0 Å². The Labute approximate surface area is 149 Å². The molecule has 2 rings (SSSR count). The first-order valence-corrected chi connectivity index (χ1v) is 7.78. The fourth-order valence-corrected chi connectivity index (χ4v) is 2.28. The Morgan fingerprint density at radius 1 is 1.24 bits per heavy atom. The number of benzene rings is 2. The van der Waals surface area contributed by atoms with Crippen LogP contribution >= 0.6 is 11.6 Å². The van der Waals surface area contributed by atoms with Gasteiger partial charge in [0.25, 0.3) is 11.6 Å². The molecule has 7 nitrogen and oxygen atoms in total. The normalized spacial score (nSPS) is 11.5. The molecule has 2 aromatic carbocycles. The van der Waals surface area contributed by atoms with Gasteiger partial charge in [-0.3, -0.25) is 14.9 Å². The number of nitro benzene ring substituents is 1. The molecule has 1 amide bonds. The van der Waals surface area contributed by atoms with Gasteiger partial charge in [-0.2, -0.15) is 0 Å². The van der Waals surface area contributed by atoms with E-state index in [1.54, 1.807) is 12.1 Å². The Balaban J connectivity index is 1.98. The van der Waals surface area contributed by atoms with Gasteiger partial charge in [0.05, 0.1) is 24.1 Å².